The first kappa shape index (κ1) is 18.0. The lowest BCUT2D eigenvalue weighted by Crippen LogP contribution is -2.32. The average Bonchev–Trinajstić information content (AvgIpc) is 2.66. The Morgan fingerprint density at radius 2 is 2.00 bits per heavy atom. The summed E-state index contributed by atoms with van der Waals surface area (Å²) in [5.74, 6) is 0.536. The number of benzene rings is 2. The van der Waals surface area contributed by atoms with Crippen LogP contribution in [0, 0.1) is 0 Å². The van der Waals surface area contributed by atoms with Gasteiger partial charge in [0.05, 0.1) is 6.04 Å². The van der Waals surface area contributed by atoms with Gasteiger partial charge in [0.25, 0.3) is 5.91 Å². The van der Waals surface area contributed by atoms with Crippen molar-refractivity contribution in [3.05, 3.63) is 59.7 Å². The van der Waals surface area contributed by atoms with Crippen molar-refractivity contribution in [1.82, 2.24) is 5.32 Å². The number of hydrogen-bond donors (Lipinski definition) is 2. The van der Waals surface area contributed by atoms with Gasteiger partial charge in [0.1, 0.15) is 5.75 Å². The molecule has 2 aromatic carbocycles. The van der Waals surface area contributed by atoms with E-state index in [2.05, 4.69) is 17.6 Å². The van der Waals surface area contributed by atoms with E-state index >= 15 is 0 Å². The fraction of sp³-hybridized carbons (Fsp3) is 0.333. The lowest BCUT2D eigenvalue weighted by molar-refractivity contribution is -0.124. The molecule has 0 aliphatic carbocycles. The van der Waals surface area contributed by atoms with Crippen LogP contribution in [0.3, 0.4) is 0 Å². The minimum absolute atomic E-state index is 0.00366. The number of anilines is 1. The van der Waals surface area contributed by atoms with Gasteiger partial charge >= 0.3 is 0 Å². The Bertz CT molecular complexity index is 774. The SMILES string of the molecule is CCC[C@H](NC(=O)COc1ccc2c(c1)CCC(=O)N2)c1ccccc1. The summed E-state index contributed by atoms with van der Waals surface area (Å²) in [6.45, 7) is 2.07. The molecule has 2 aromatic rings. The van der Waals surface area contributed by atoms with Gasteiger partial charge in [0, 0.05) is 12.1 Å². The van der Waals surface area contributed by atoms with Gasteiger partial charge in [-0.1, -0.05) is 43.7 Å². The third kappa shape index (κ3) is 4.63. The minimum Gasteiger partial charge on any atom is -0.484 e. The molecule has 1 aliphatic rings. The fourth-order valence-electron chi connectivity index (χ4n) is 3.13. The van der Waals surface area contributed by atoms with E-state index in [1.807, 2.05) is 42.5 Å². The van der Waals surface area contributed by atoms with Gasteiger partial charge in [0.15, 0.2) is 6.61 Å². The second-order valence-electron chi connectivity index (χ2n) is 6.48. The van der Waals surface area contributed by atoms with Crippen molar-refractivity contribution < 1.29 is 14.3 Å². The van der Waals surface area contributed by atoms with E-state index in [1.54, 1.807) is 6.07 Å². The molecule has 3 rings (SSSR count). The van der Waals surface area contributed by atoms with E-state index in [1.165, 1.54) is 0 Å². The molecule has 26 heavy (non-hydrogen) atoms. The quantitative estimate of drug-likeness (QED) is 0.800. The average molecular weight is 352 g/mol. The van der Waals surface area contributed by atoms with Gasteiger partial charge < -0.3 is 15.4 Å². The standard InChI is InChI=1S/C21H24N2O3/c1-2-6-18(15-7-4-3-5-8-15)23-21(25)14-26-17-10-11-19-16(13-17)9-12-20(24)22-19/h3-5,7-8,10-11,13,18H,2,6,9,12,14H2,1H3,(H,22,24)(H,23,25)/t18-/m0/s1. The zero-order chi connectivity index (χ0) is 18.4. The first-order chi connectivity index (χ1) is 12.7. The van der Waals surface area contributed by atoms with Gasteiger partial charge in [-0.25, -0.2) is 0 Å². The highest BCUT2D eigenvalue weighted by Crippen LogP contribution is 2.26. The molecular weight excluding hydrogens is 328 g/mol. The monoisotopic (exact) mass is 352 g/mol. The van der Waals surface area contributed by atoms with Crippen LogP contribution < -0.4 is 15.4 Å². The highest BCUT2D eigenvalue weighted by Gasteiger charge is 2.16. The molecule has 1 heterocycles. The van der Waals surface area contributed by atoms with Crippen LogP contribution >= 0.6 is 0 Å². The number of ether oxygens (including phenoxy) is 1. The minimum atomic E-state index is -0.140. The van der Waals surface area contributed by atoms with E-state index in [-0.39, 0.29) is 24.5 Å². The highest BCUT2D eigenvalue weighted by molar-refractivity contribution is 5.94. The molecule has 1 atom stereocenters. The number of nitrogens with one attached hydrogen (secondary N) is 2. The maximum absolute atomic E-state index is 12.3. The molecule has 0 saturated heterocycles. The van der Waals surface area contributed by atoms with Crippen LogP contribution in [-0.2, 0) is 16.0 Å². The number of aryl methyl sites for hydroxylation is 1. The normalized spacial score (nSPS) is 14.1. The van der Waals surface area contributed by atoms with Crippen molar-refractivity contribution in [3.63, 3.8) is 0 Å². The Balaban J connectivity index is 1.57. The van der Waals surface area contributed by atoms with E-state index in [9.17, 15) is 9.59 Å². The van der Waals surface area contributed by atoms with E-state index < -0.39 is 0 Å². The summed E-state index contributed by atoms with van der Waals surface area (Å²) in [4.78, 5) is 23.7. The van der Waals surface area contributed by atoms with Crippen LogP contribution in [0.1, 0.15) is 43.4 Å². The van der Waals surface area contributed by atoms with E-state index in [4.69, 9.17) is 4.74 Å². The third-order valence-corrected chi connectivity index (χ3v) is 4.46. The van der Waals surface area contributed by atoms with Crippen LogP contribution in [0.15, 0.2) is 48.5 Å². The molecule has 0 unspecified atom stereocenters. The van der Waals surface area contributed by atoms with Crippen molar-refractivity contribution >= 4 is 17.5 Å². The van der Waals surface area contributed by atoms with E-state index in [0.717, 1.165) is 29.7 Å². The topological polar surface area (TPSA) is 67.4 Å². The Labute approximate surface area is 153 Å². The summed E-state index contributed by atoms with van der Waals surface area (Å²) in [6, 6.07) is 15.5. The molecule has 136 valence electrons. The number of hydrogen-bond acceptors (Lipinski definition) is 3. The van der Waals surface area contributed by atoms with Crippen molar-refractivity contribution in [3.8, 4) is 5.75 Å². The van der Waals surface area contributed by atoms with Crippen molar-refractivity contribution in [2.75, 3.05) is 11.9 Å². The van der Waals surface area contributed by atoms with Gasteiger partial charge in [-0.05, 0) is 42.2 Å². The second kappa shape index (κ2) is 8.52. The van der Waals surface area contributed by atoms with Gasteiger partial charge in [-0.3, -0.25) is 9.59 Å². The predicted molar refractivity (Wildman–Crippen MR) is 101 cm³/mol. The van der Waals surface area contributed by atoms with Crippen molar-refractivity contribution in [2.24, 2.45) is 0 Å². The molecule has 0 bridgehead atoms. The lowest BCUT2D eigenvalue weighted by Gasteiger charge is -2.20. The molecule has 2 N–H and O–H groups in total. The van der Waals surface area contributed by atoms with Gasteiger partial charge in [-0.15, -0.1) is 0 Å². The molecule has 5 nitrogen and oxygen atoms in total. The fourth-order valence-corrected chi connectivity index (χ4v) is 3.13. The van der Waals surface area contributed by atoms with Crippen LogP contribution in [0.2, 0.25) is 0 Å². The summed E-state index contributed by atoms with van der Waals surface area (Å²) in [5.41, 5.74) is 2.97. The second-order valence-corrected chi connectivity index (χ2v) is 6.48. The van der Waals surface area contributed by atoms with Crippen LogP contribution in [0.4, 0.5) is 5.69 Å². The zero-order valence-electron chi connectivity index (χ0n) is 15.0. The maximum atomic E-state index is 12.3. The van der Waals surface area contributed by atoms with Crippen molar-refractivity contribution in [1.29, 1.82) is 0 Å². The molecule has 0 fully saturated rings. The summed E-state index contributed by atoms with van der Waals surface area (Å²) < 4.78 is 5.65. The van der Waals surface area contributed by atoms with Crippen LogP contribution in [-0.4, -0.2) is 18.4 Å². The van der Waals surface area contributed by atoms with Crippen LogP contribution in [0.25, 0.3) is 0 Å². The highest BCUT2D eigenvalue weighted by atomic mass is 16.5. The third-order valence-electron chi connectivity index (χ3n) is 4.46. The Kier molecular flexibility index (Phi) is 5.89. The molecule has 0 radical (unpaired) electrons. The first-order valence-electron chi connectivity index (χ1n) is 9.05. The molecule has 2 amide bonds. The lowest BCUT2D eigenvalue weighted by atomic mass is 10.0. The zero-order valence-corrected chi connectivity index (χ0v) is 15.0. The first-order valence-corrected chi connectivity index (χ1v) is 9.05. The Hall–Kier alpha value is -2.82. The number of carbonyl (C=O) groups excluding carboxylic acids is 2. The predicted octanol–water partition coefficient (Wildman–Crippen LogP) is 3.61. The van der Waals surface area contributed by atoms with Crippen molar-refractivity contribution in [2.45, 2.75) is 38.6 Å². The van der Waals surface area contributed by atoms with E-state index in [0.29, 0.717) is 18.6 Å². The smallest absolute Gasteiger partial charge is 0.258 e. The summed E-state index contributed by atoms with van der Waals surface area (Å²) in [6.07, 6.45) is 3.04. The number of rotatable bonds is 7. The molecule has 0 saturated carbocycles. The molecule has 1 aliphatic heterocycles. The van der Waals surface area contributed by atoms with Crippen LogP contribution in [0.5, 0.6) is 5.75 Å². The molecule has 0 aromatic heterocycles. The number of fused-ring (bicyclic) bond motifs is 1. The maximum Gasteiger partial charge on any atom is 0.258 e. The molecular formula is C21H24N2O3. The summed E-state index contributed by atoms with van der Waals surface area (Å²) in [7, 11) is 0. The molecule has 5 heteroatoms. The summed E-state index contributed by atoms with van der Waals surface area (Å²) in [5, 5.41) is 5.89. The Morgan fingerprint density at radius 1 is 1.19 bits per heavy atom. The van der Waals surface area contributed by atoms with Gasteiger partial charge in [-0.2, -0.15) is 0 Å². The summed E-state index contributed by atoms with van der Waals surface area (Å²) >= 11 is 0. The number of carbonyl (C=O) groups is 2. The Morgan fingerprint density at radius 3 is 2.77 bits per heavy atom. The molecule has 0 spiro atoms. The van der Waals surface area contributed by atoms with Gasteiger partial charge in [0.2, 0.25) is 5.91 Å². The largest absolute Gasteiger partial charge is 0.484 e. The number of amides is 2.